The fraction of sp³-hybridized carbons (Fsp3) is 0.667. The first kappa shape index (κ1) is 17.8. The van der Waals surface area contributed by atoms with E-state index in [9.17, 15) is 9.18 Å². The molecular weight excluding hydrogens is 331 g/mol. The molecular formula is C21H29FN2O2. The maximum atomic E-state index is 13.8. The molecule has 1 amide bonds. The monoisotopic (exact) mass is 360 g/mol. The average molecular weight is 360 g/mol. The van der Waals surface area contributed by atoms with E-state index in [4.69, 9.17) is 4.74 Å². The van der Waals surface area contributed by atoms with Crippen LogP contribution < -0.4 is 4.90 Å². The number of carbonyl (C=O) groups excluding carboxylic acids is 1. The van der Waals surface area contributed by atoms with Crippen LogP contribution in [0, 0.1) is 11.7 Å². The Morgan fingerprint density at radius 3 is 2.77 bits per heavy atom. The van der Waals surface area contributed by atoms with E-state index in [0.717, 1.165) is 50.9 Å². The molecule has 5 heteroatoms. The van der Waals surface area contributed by atoms with Crippen LogP contribution in [0.1, 0.15) is 46.0 Å². The minimum Gasteiger partial charge on any atom is -0.381 e. The van der Waals surface area contributed by atoms with E-state index in [2.05, 4.69) is 23.6 Å². The Bertz CT molecular complexity index is 686. The van der Waals surface area contributed by atoms with Crippen molar-refractivity contribution in [3.63, 3.8) is 0 Å². The van der Waals surface area contributed by atoms with Crippen LogP contribution in [0.5, 0.6) is 0 Å². The summed E-state index contributed by atoms with van der Waals surface area (Å²) in [5.74, 6) is 0.202. The molecule has 1 aromatic carbocycles. The molecule has 3 aliphatic heterocycles. The van der Waals surface area contributed by atoms with E-state index in [1.54, 1.807) is 12.1 Å². The zero-order chi connectivity index (χ0) is 18.4. The van der Waals surface area contributed by atoms with Gasteiger partial charge in [-0.15, -0.1) is 0 Å². The molecule has 26 heavy (non-hydrogen) atoms. The Morgan fingerprint density at radius 2 is 2.04 bits per heavy atom. The Balaban J connectivity index is 1.60. The second-order valence-electron chi connectivity index (χ2n) is 8.76. The highest BCUT2D eigenvalue weighted by Crippen LogP contribution is 2.47. The lowest BCUT2D eigenvalue weighted by molar-refractivity contribution is -0.142. The number of amides is 1. The third-order valence-corrected chi connectivity index (χ3v) is 6.50. The van der Waals surface area contributed by atoms with Gasteiger partial charge < -0.3 is 14.5 Å². The molecule has 0 bridgehead atoms. The molecule has 4 nitrogen and oxygen atoms in total. The predicted molar refractivity (Wildman–Crippen MR) is 99.7 cm³/mol. The van der Waals surface area contributed by atoms with Crippen molar-refractivity contribution in [3.05, 3.63) is 30.1 Å². The summed E-state index contributed by atoms with van der Waals surface area (Å²) in [7, 11) is 0. The van der Waals surface area contributed by atoms with Crippen molar-refractivity contribution < 1.29 is 13.9 Å². The highest BCUT2D eigenvalue weighted by atomic mass is 19.1. The standard InChI is InChI=1S/C21H29FN2O2/c1-20(2)14-21(15-24(20)18-6-3-5-17(22)13-18)9-4-10-23(21)19(25)16-7-11-26-12-8-16/h3,5-6,13,16H,4,7-12,14-15H2,1-2H3. The largest absolute Gasteiger partial charge is 0.381 e. The van der Waals surface area contributed by atoms with Gasteiger partial charge >= 0.3 is 0 Å². The molecule has 142 valence electrons. The lowest BCUT2D eigenvalue weighted by Gasteiger charge is -2.38. The first-order valence-electron chi connectivity index (χ1n) is 9.84. The van der Waals surface area contributed by atoms with Gasteiger partial charge in [0.05, 0.1) is 5.54 Å². The van der Waals surface area contributed by atoms with Crippen LogP contribution in [0.25, 0.3) is 0 Å². The van der Waals surface area contributed by atoms with Gasteiger partial charge in [0.1, 0.15) is 5.82 Å². The average Bonchev–Trinajstić information content (AvgIpc) is 3.14. The highest BCUT2D eigenvalue weighted by molar-refractivity contribution is 5.80. The van der Waals surface area contributed by atoms with Crippen molar-refractivity contribution >= 4 is 11.6 Å². The summed E-state index contributed by atoms with van der Waals surface area (Å²) in [6, 6.07) is 6.84. The topological polar surface area (TPSA) is 32.8 Å². The maximum Gasteiger partial charge on any atom is 0.226 e. The Morgan fingerprint density at radius 1 is 1.27 bits per heavy atom. The minimum absolute atomic E-state index is 0.102. The van der Waals surface area contributed by atoms with Gasteiger partial charge in [-0.25, -0.2) is 4.39 Å². The van der Waals surface area contributed by atoms with Crippen LogP contribution in [0.4, 0.5) is 10.1 Å². The van der Waals surface area contributed by atoms with Crippen LogP contribution in [-0.4, -0.2) is 48.2 Å². The number of anilines is 1. The number of ether oxygens (including phenoxy) is 1. The predicted octanol–water partition coefficient (Wildman–Crippen LogP) is 3.60. The Hall–Kier alpha value is -1.62. The molecule has 1 atom stereocenters. The third-order valence-electron chi connectivity index (χ3n) is 6.50. The maximum absolute atomic E-state index is 13.8. The number of benzene rings is 1. The normalized spacial score (nSPS) is 28.9. The molecule has 0 N–H and O–H groups in total. The quantitative estimate of drug-likeness (QED) is 0.808. The Labute approximate surface area is 155 Å². The molecule has 0 radical (unpaired) electrons. The third kappa shape index (κ3) is 3.00. The molecule has 0 aromatic heterocycles. The summed E-state index contributed by atoms with van der Waals surface area (Å²) in [5, 5.41) is 0. The lowest BCUT2D eigenvalue weighted by atomic mass is 9.86. The van der Waals surface area contributed by atoms with E-state index in [1.165, 1.54) is 6.07 Å². The number of hydrogen-bond acceptors (Lipinski definition) is 3. The van der Waals surface area contributed by atoms with Gasteiger partial charge in [0.25, 0.3) is 0 Å². The van der Waals surface area contributed by atoms with Crippen LogP contribution >= 0.6 is 0 Å². The SMILES string of the molecule is CC1(C)CC2(CCCN2C(=O)C2CCOCC2)CN1c1cccc(F)c1. The molecule has 0 saturated carbocycles. The molecule has 3 fully saturated rings. The van der Waals surface area contributed by atoms with Gasteiger partial charge in [-0.3, -0.25) is 4.79 Å². The molecule has 0 aliphatic carbocycles. The van der Waals surface area contributed by atoms with E-state index in [1.807, 2.05) is 6.07 Å². The molecule has 3 aliphatic rings. The van der Waals surface area contributed by atoms with Crippen LogP contribution in [0.15, 0.2) is 24.3 Å². The van der Waals surface area contributed by atoms with E-state index >= 15 is 0 Å². The van der Waals surface area contributed by atoms with Crippen molar-refractivity contribution in [2.75, 3.05) is 31.2 Å². The summed E-state index contributed by atoms with van der Waals surface area (Å²) < 4.78 is 19.2. The van der Waals surface area contributed by atoms with Crippen molar-refractivity contribution in [1.82, 2.24) is 4.90 Å². The number of likely N-dealkylation sites (tertiary alicyclic amines) is 1. The zero-order valence-electron chi connectivity index (χ0n) is 15.8. The summed E-state index contributed by atoms with van der Waals surface area (Å²) in [5.41, 5.74) is 0.689. The fourth-order valence-electron chi connectivity index (χ4n) is 5.35. The van der Waals surface area contributed by atoms with Gasteiger partial charge in [-0.05, 0) is 64.2 Å². The van der Waals surface area contributed by atoms with Crippen molar-refractivity contribution in [1.29, 1.82) is 0 Å². The van der Waals surface area contributed by atoms with Crippen molar-refractivity contribution in [2.24, 2.45) is 5.92 Å². The molecule has 4 rings (SSSR count). The molecule has 3 heterocycles. The molecule has 1 aromatic rings. The number of halogens is 1. The number of rotatable bonds is 2. The molecule has 1 spiro atoms. The van der Waals surface area contributed by atoms with Crippen molar-refractivity contribution in [3.8, 4) is 0 Å². The number of hydrogen-bond donors (Lipinski definition) is 0. The van der Waals surface area contributed by atoms with E-state index < -0.39 is 0 Å². The Kier molecular flexibility index (Phi) is 4.46. The van der Waals surface area contributed by atoms with Gasteiger partial charge in [0.15, 0.2) is 0 Å². The summed E-state index contributed by atoms with van der Waals surface area (Å²) >= 11 is 0. The van der Waals surface area contributed by atoms with Crippen LogP contribution in [0.2, 0.25) is 0 Å². The second kappa shape index (κ2) is 6.52. The lowest BCUT2D eigenvalue weighted by Crippen LogP contribution is -2.51. The van der Waals surface area contributed by atoms with Crippen LogP contribution in [0.3, 0.4) is 0 Å². The van der Waals surface area contributed by atoms with E-state index in [0.29, 0.717) is 19.1 Å². The summed E-state index contributed by atoms with van der Waals surface area (Å²) in [4.78, 5) is 17.7. The van der Waals surface area contributed by atoms with Gasteiger partial charge in [0.2, 0.25) is 5.91 Å². The zero-order valence-corrected chi connectivity index (χ0v) is 15.8. The number of nitrogens with zero attached hydrogens (tertiary/aromatic N) is 2. The van der Waals surface area contributed by atoms with Gasteiger partial charge in [-0.1, -0.05) is 6.07 Å². The molecule has 3 saturated heterocycles. The second-order valence-corrected chi connectivity index (χ2v) is 8.76. The van der Waals surface area contributed by atoms with Gasteiger partial charge in [-0.2, -0.15) is 0 Å². The van der Waals surface area contributed by atoms with Gasteiger partial charge in [0, 0.05) is 43.4 Å². The minimum atomic E-state index is -0.208. The smallest absolute Gasteiger partial charge is 0.226 e. The fourth-order valence-corrected chi connectivity index (χ4v) is 5.35. The highest BCUT2D eigenvalue weighted by Gasteiger charge is 2.55. The molecule has 1 unspecified atom stereocenters. The first-order valence-corrected chi connectivity index (χ1v) is 9.84. The first-order chi connectivity index (χ1) is 12.4. The van der Waals surface area contributed by atoms with Crippen molar-refractivity contribution in [2.45, 2.75) is 57.0 Å². The van der Waals surface area contributed by atoms with E-state index in [-0.39, 0.29) is 22.8 Å². The summed E-state index contributed by atoms with van der Waals surface area (Å²) in [6.07, 6.45) is 4.70. The van der Waals surface area contributed by atoms with Crippen LogP contribution in [-0.2, 0) is 9.53 Å². The summed E-state index contributed by atoms with van der Waals surface area (Å²) in [6.45, 7) is 7.45. The number of carbonyl (C=O) groups is 1.